The van der Waals surface area contributed by atoms with Gasteiger partial charge in [-0.2, -0.15) is 9.78 Å². The summed E-state index contributed by atoms with van der Waals surface area (Å²) in [5.74, 6) is -0.960. The second kappa shape index (κ2) is 10.1. The first-order valence-corrected chi connectivity index (χ1v) is 10.2. The first-order valence-electron chi connectivity index (χ1n) is 10.2. The number of aromatic nitrogens is 4. The number of methoxy groups -OCH3 is 1. The molecule has 0 bridgehead atoms. The Kier molecular flexibility index (Phi) is 6.83. The van der Waals surface area contributed by atoms with Crippen LogP contribution in [0.1, 0.15) is 0 Å². The molecule has 0 atom stereocenters. The number of rotatable bonds is 8. The van der Waals surface area contributed by atoms with Crippen molar-refractivity contribution in [2.24, 2.45) is 0 Å². The minimum absolute atomic E-state index is 0.0113. The third kappa shape index (κ3) is 5.21. The lowest BCUT2D eigenvalue weighted by Gasteiger charge is -2.13. The van der Waals surface area contributed by atoms with Crippen LogP contribution in [-0.2, 0) is 4.74 Å². The van der Waals surface area contributed by atoms with Crippen LogP contribution in [0.2, 0.25) is 0 Å². The smallest absolute Gasteiger partial charge is 0.148 e. The van der Waals surface area contributed by atoms with Gasteiger partial charge in [0.15, 0.2) is 0 Å². The SMILES string of the molecule is COCCOc1cnc2c(NCC(=N)n3nc(-c4cc(F)cc(F)c4)ccc3=N)ccnc2c1. The number of nitrogens with one attached hydrogen (secondary N) is 3. The lowest BCUT2D eigenvalue weighted by Crippen LogP contribution is -2.33. The molecule has 0 fully saturated rings. The molecule has 0 amide bonds. The lowest BCUT2D eigenvalue weighted by atomic mass is 10.1. The molecule has 0 radical (unpaired) electrons. The monoisotopic (exact) mass is 465 g/mol. The van der Waals surface area contributed by atoms with Crippen LogP contribution in [0.25, 0.3) is 22.3 Å². The van der Waals surface area contributed by atoms with Crippen LogP contribution in [0.5, 0.6) is 5.75 Å². The van der Waals surface area contributed by atoms with E-state index in [9.17, 15) is 8.78 Å². The van der Waals surface area contributed by atoms with Crippen molar-refractivity contribution in [1.82, 2.24) is 19.7 Å². The van der Waals surface area contributed by atoms with Crippen LogP contribution in [0, 0.1) is 22.5 Å². The van der Waals surface area contributed by atoms with Crippen molar-refractivity contribution < 1.29 is 18.3 Å². The number of halogens is 2. The quantitative estimate of drug-likeness (QED) is 0.209. The van der Waals surface area contributed by atoms with Crippen molar-refractivity contribution in [3.63, 3.8) is 0 Å². The van der Waals surface area contributed by atoms with Gasteiger partial charge in [-0.3, -0.25) is 15.8 Å². The summed E-state index contributed by atoms with van der Waals surface area (Å²) in [5.41, 5.74) is 2.21. The van der Waals surface area contributed by atoms with Crippen LogP contribution in [0.15, 0.2) is 54.9 Å². The predicted octanol–water partition coefficient (Wildman–Crippen LogP) is 3.21. The largest absolute Gasteiger partial charge is 0.489 e. The number of anilines is 1. The summed E-state index contributed by atoms with van der Waals surface area (Å²) in [6, 6.07) is 9.42. The third-order valence-corrected chi connectivity index (χ3v) is 4.80. The van der Waals surface area contributed by atoms with Gasteiger partial charge in [-0.25, -0.2) is 13.8 Å². The van der Waals surface area contributed by atoms with Crippen LogP contribution < -0.4 is 15.5 Å². The Bertz CT molecular complexity index is 1390. The number of nitrogens with zero attached hydrogens (tertiary/aromatic N) is 4. The fourth-order valence-corrected chi connectivity index (χ4v) is 3.21. The zero-order chi connectivity index (χ0) is 24.1. The summed E-state index contributed by atoms with van der Waals surface area (Å²) >= 11 is 0. The van der Waals surface area contributed by atoms with Gasteiger partial charge in [-0.1, -0.05) is 0 Å². The third-order valence-electron chi connectivity index (χ3n) is 4.80. The van der Waals surface area contributed by atoms with Gasteiger partial charge in [0.05, 0.1) is 36.2 Å². The predicted molar refractivity (Wildman–Crippen MR) is 122 cm³/mol. The molecule has 3 N–H and O–H groups in total. The summed E-state index contributed by atoms with van der Waals surface area (Å²) < 4.78 is 38.8. The van der Waals surface area contributed by atoms with Gasteiger partial charge >= 0.3 is 0 Å². The Labute approximate surface area is 193 Å². The highest BCUT2D eigenvalue weighted by molar-refractivity contribution is 5.91. The number of pyridine rings is 2. The highest BCUT2D eigenvalue weighted by Gasteiger charge is 2.11. The minimum Gasteiger partial charge on any atom is -0.489 e. The molecule has 0 spiro atoms. The van der Waals surface area contributed by atoms with Crippen LogP contribution >= 0.6 is 0 Å². The fourth-order valence-electron chi connectivity index (χ4n) is 3.21. The summed E-state index contributed by atoms with van der Waals surface area (Å²) in [7, 11) is 1.59. The molecule has 4 aromatic rings. The van der Waals surface area contributed by atoms with Crippen molar-refractivity contribution in [2.75, 3.05) is 32.2 Å². The van der Waals surface area contributed by atoms with Gasteiger partial charge in [0.2, 0.25) is 0 Å². The van der Waals surface area contributed by atoms with Crippen molar-refractivity contribution in [1.29, 1.82) is 10.8 Å². The van der Waals surface area contributed by atoms with Gasteiger partial charge < -0.3 is 14.8 Å². The Morgan fingerprint density at radius 3 is 2.62 bits per heavy atom. The number of ether oxygens (including phenoxy) is 2. The average Bonchev–Trinajstić information content (AvgIpc) is 2.82. The van der Waals surface area contributed by atoms with E-state index in [0.29, 0.717) is 35.7 Å². The fraction of sp³-hybridized carbons (Fsp3) is 0.174. The molecule has 174 valence electrons. The van der Waals surface area contributed by atoms with Gasteiger partial charge in [0.25, 0.3) is 0 Å². The van der Waals surface area contributed by atoms with E-state index in [1.54, 1.807) is 31.6 Å². The molecular weight excluding hydrogens is 444 g/mol. The summed E-state index contributed by atoms with van der Waals surface area (Å²) in [4.78, 5) is 8.72. The second-order valence-corrected chi connectivity index (χ2v) is 7.21. The zero-order valence-electron chi connectivity index (χ0n) is 18.2. The Morgan fingerprint density at radius 2 is 1.85 bits per heavy atom. The normalized spacial score (nSPS) is 10.9. The van der Waals surface area contributed by atoms with Crippen LogP contribution in [0.3, 0.4) is 0 Å². The van der Waals surface area contributed by atoms with Crippen molar-refractivity contribution in [2.45, 2.75) is 0 Å². The van der Waals surface area contributed by atoms with E-state index in [-0.39, 0.29) is 29.1 Å². The summed E-state index contributed by atoms with van der Waals surface area (Å²) in [5, 5.41) is 23.8. The molecule has 3 aromatic heterocycles. The first kappa shape index (κ1) is 22.9. The highest BCUT2D eigenvalue weighted by atomic mass is 19.1. The second-order valence-electron chi connectivity index (χ2n) is 7.21. The van der Waals surface area contributed by atoms with Gasteiger partial charge in [-0.15, -0.1) is 0 Å². The van der Waals surface area contributed by atoms with E-state index in [1.165, 1.54) is 12.1 Å². The zero-order valence-corrected chi connectivity index (χ0v) is 18.2. The Hall–Kier alpha value is -4.25. The summed E-state index contributed by atoms with van der Waals surface area (Å²) in [6.07, 6.45) is 3.19. The maximum atomic E-state index is 13.6. The molecule has 34 heavy (non-hydrogen) atoms. The number of hydrogen-bond donors (Lipinski definition) is 3. The lowest BCUT2D eigenvalue weighted by molar-refractivity contribution is 0.146. The number of benzene rings is 1. The van der Waals surface area contributed by atoms with E-state index in [0.717, 1.165) is 22.9 Å². The van der Waals surface area contributed by atoms with E-state index in [4.69, 9.17) is 20.3 Å². The van der Waals surface area contributed by atoms with Gasteiger partial charge in [-0.05, 0) is 30.3 Å². The van der Waals surface area contributed by atoms with Crippen molar-refractivity contribution >= 4 is 22.6 Å². The molecule has 0 aliphatic rings. The number of hydrogen-bond acceptors (Lipinski definition) is 8. The molecule has 0 saturated carbocycles. The topological polar surface area (TPSA) is 122 Å². The molecule has 9 nitrogen and oxygen atoms in total. The maximum Gasteiger partial charge on any atom is 0.148 e. The first-order chi connectivity index (χ1) is 16.4. The van der Waals surface area contributed by atoms with E-state index in [2.05, 4.69) is 20.4 Å². The van der Waals surface area contributed by atoms with Crippen molar-refractivity contribution in [3.05, 3.63) is 72.0 Å². The minimum atomic E-state index is -0.737. The molecule has 0 saturated heterocycles. The van der Waals surface area contributed by atoms with Gasteiger partial charge in [0, 0.05) is 31.0 Å². The molecule has 0 aliphatic heterocycles. The molecule has 0 unspecified atom stereocenters. The van der Waals surface area contributed by atoms with Gasteiger partial charge in [0.1, 0.15) is 40.8 Å². The summed E-state index contributed by atoms with van der Waals surface area (Å²) in [6.45, 7) is 0.853. The standard InChI is InChI=1S/C23H21F2N7O2/c1-33-6-7-34-17-11-20-23(30-12-17)19(4-5-28-20)29-13-22(27)32-21(26)3-2-18(31-32)14-8-15(24)10-16(25)9-14/h2-5,8-12,26-27H,6-7,13H2,1H3,(H,28,29). The maximum absolute atomic E-state index is 13.6. The molecule has 1 aromatic carbocycles. The van der Waals surface area contributed by atoms with Crippen LogP contribution in [0.4, 0.5) is 14.5 Å². The number of fused-ring (bicyclic) bond motifs is 1. The average molecular weight is 465 g/mol. The Morgan fingerprint density at radius 1 is 1.06 bits per heavy atom. The van der Waals surface area contributed by atoms with Crippen LogP contribution in [-0.4, -0.2) is 52.5 Å². The molecule has 3 heterocycles. The Balaban J connectivity index is 1.53. The molecular formula is C23H21F2N7O2. The highest BCUT2D eigenvalue weighted by Crippen LogP contribution is 2.23. The van der Waals surface area contributed by atoms with E-state index in [1.807, 2.05) is 0 Å². The molecule has 4 rings (SSSR count). The molecule has 0 aliphatic carbocycles. The van der Waals surface area contributed by atoms with E-state index < -0.39 is 11.6 Å². The van der Waals surface area contributed by atoms with E-state index >= 15 is 0 Å². The van der Waals surface area contributed by atoms with Crippen molar-refractivity contribution in [3.8, 4) is 17.0 Å². The molecule has 11 heteroatoms.